The van der Waals surface area contributed by atoms with E-state index in [0.717, 1.165) is 15.6 Å². The molecule has 1 amide bonds. The number of benzene rings is 2. The Bertz CT molecular complexity index is 682. The number of hydrogen-bond donors (Lipinski definition) is 1. The number of hydrazone groups is 1. The number of amides is 1. The first-order valence-corrected chi connectivity index (χ1v) is 7.61. The van der Waals surface area contributed by atoms with Crippen LogP contribution in [0.25, 0.3) is 0 Å². The van der Waals surface area contributed by atoms with Crippen LogP contribution in [-0.2, 0) is 4.79 Å². The minimum absolute atomic E-state index is 0.0904. The van der Waals surface area contributed by atoms with Crippen LogP contribution >= 0.6 is 15.9 Å². The lowest BCUT2D eigenvalue weighted by Crippen LogP contribution is -2.24. The third-order valence-electron chi connectivity index (χ3n) is 2.93. The van der Waals surface area contributed by atoms with E-state index in [1.54, 1.807) is 6.21 Å². The molecule has 0 atom stereocenters. The molecular formula is C17H17BrN2O2. The summed E-state index contributed by atoms with van der Waals surface area (Å²) >= 11 is 3.40. The first kappa shape index (κ1) is 16.2. The van der Waals surface area contributed by atoms with Gasteiger partial charge in [-0.2, -0.15) is 5.10 Å². The van der Waals surface area contributed by atoms with Gasteiger partial charge in [-0.05, 0) is 53.0 Å². The highest BCUT2D eigenvalue weighted by molar-refractivity contribution is 9.10. The van der Waals surface area contributed by atoms with E-state index in [9.17, 15) is 4.79 Å². The highest BCUT2D eigenvalue weighted by atomic mass is 79.9. The van der Waals surface area contributed by atoms with Gasteiger partial charge in [0.1, 0.15) is 5.75 Å². The lowest BCUT2D eigenvalue weighted by atomic mass is 10.2. The molecule has 0 fully saturated rings. The highest BCUT2D eigenvalue weighted by Gasteiger charge is 2.04. The Hall–Kier alpha value is -2.14. The predicted octanol–water partition coefficient (Wildman–Crippen LogP) is 3.60. The molecule has 114 valence electrons. The zero-order valence-electron chi connectivity index (χ0n) is 12.5. The molecule has 0 aliphatic heterocycles. The zero-order valence-corrected chi connectivity index (χ0v) is 14.1. The fourth-order valence-corrected chi connectivity index (χ4v) is 2.34. The number of hydrogen-bond acceptors (Lipinski definition) is 3. The molecule has 22 heavy (non-hydrogen) atoms. The molecule has 2 aromatic rings. The molecule has 0 aromatic heterocycles. The van der Waals surface area contributed by atoms with Gasteiger partial charge in [0.05, 0.1) is 10.7 Å². The Balaban J connectivity index is 1.81. The summed E-state index contributed by atoms with van der Waals surface area (Å²) in [6, 6.07) is 13.5. The number of aryl methyl sites for hydroxylation is 2. The number of halogens is 1. The first-order chi connectivity index (χ1) is 10.5. The van der Waals surface area contributed by atoms with Crippen molar-refractivity contribution in [3.05, 3.63) is 63.6 Å². The van der Waals surface area contributed by atoms with Gasteiger partial charge in [-0.3, -0.25) is 4.79 Å². The second kappa shape index (κ2) is 7.75. The molecule has 2 rings (SSSR count). The monoisotopic (exact) mass is 360 g/mol. The zero-order chi connectivity index (χ0) is 15.9. The van der Waals surface area contributed by atoms with Crippen LogP contribution in [0.15, 0.2) is 52.0 Å². The van der Waals surface area contributed by atoms with Crippen LogP contribution in [0, 0.1) is 13.8 Å². The summed E-state index contributed by atoms with van der Waals surface area (Å²) in [5.74, 6) is 0.319. The van der Waals surface area contributed by atoms with Crippen molar-refractivity contribution in [3.63, 3.8) is 0 Å². The lowest BCUT2D eigenvalue weighted by Gasteiger charge is -2.07. The Morgan fingerprint density at radius 3 is 2.55 bits per heavy atom. The summed E-state index contributed by atoms with van der Waals surface area (Å²) in [6.45, 7) is 3.91. The fourth-order valence-electron chi connectivity index (χ4n) is 1.73. The maximum atomic E-state index is 11.7. The van der Waals surface area contributed by atoms with Gasteiger partial charge in [-0.15, -0.1) is 0 Å². The van der Waals surface area contributed by atoms with Crippen molar-refractivity contribution in [2.75, 3.05) is 6.61 Å². The molecule has 5 heteroatoms. The molecule has 4 nitrogen and oxygen atoms in total. The van der Waals surface area contributed by atoms with Crippen molar-refractivity contribution in [1.82, 2.24) is 5.43 Å². The van der Waals surface area contributed by atoms with E-state index >= 15 is 0 Å². The minimum Gasteiger partial charge on any atom is -0.483 e. The van der Waals surface area contributed by atoms with E-state index < -0.39 is 0 Å². The topological polar surface area (TPSA) is 50.7 Å². The van der Waals surface area contributed by atoms with Gasteiger partial charge in [-0.25, -0.2) is 5.43 Å². The van der Waals surface area contributed by atoms with Gasteiger partial charge >= 0.3 is 0 Å². The Labute approximate surface area is 138 Å². The van der Waals surface area contributed by atoms with Crippen molar-refractivity contribution in [2.45, 2.75) is 13.8 Å². The van der Waals surface area contributed by atoms with E-state index in [-0.39, 0.29) is 12.5 Å². The van der Waals surface area contributed by atoms with Crippen LogP contribution in [0.5, 0.6) is 5.75 Å². The molecule has 0 aliphatic carbocycles. The fraction of sp³-hybridized carbons (Fsp3) is 0.176. The number of ether oxygens (including phenoxy) is 1. The molecule has 0 spiro atoms. The normalized spacial score (nSPS) is 10.7. The molecule has 0 aliphatic rings. The van der Waals surface area contributed by atoms with E-state index in [1.165, 1.54) is 5.56 Å². The average molecular weight is 361 g/mol. The molecule has 0 saturated carbocycles. The summed E-state index contributed by atoms with van der Waals surface area (Å²) in [7, 11) is 0. The number of carbonyl (C=O) groups is 1. The number of carbonyl (C=O) groups excluding carboxylic acids is 1. The van der Waals surface area contributed by atoms with Crippen LogP contribution in [0.2, 0.25) is 0 Å². The van der Waals surface area contributed by atoms with E-state index in [1.807, 2.05) is 56.3 Å². The van der Waals surface area contributed by atoms with Crippen molar-refractivity contribution in [2.24, 2.45) is 5.10 Å². The van der Waals surface area contributed by atoms with Crippen LogP contribution in [0.1, 0.15) is 16.7 Å². The van der Waals surface area contributed by atoms with Crippen molar-refractivity contribution in [3.8, 4) is 5.75 Å². The Morgan fingerprint density at radius 1 is 1.18 bits per heavy atom. The molecule has 1 N–H and O–H groups in total. The lowest BCUT2D eigenvalue weighted by molar-refractivity contribution is -0.123. The smallest absolute Gasteiger partial charge is 0.277 e. The van der Waals surface area contributed by atoms with Gasteiger partial charge < -0.3 is 4.74 Å². The third-order valence-corrected chi connectivity index (χ3v) is 3.55. The summed E-state index contributed by atoms with van der Waals surface area (Å²) < 4.78 is 6.26. The molecule has 0 saturated heterocycles. The summed E-state index contributed by atoms with van der Waals surface area (Å²) in [5, 5.41) is 3.90. The van der Waals surface area contributed by atoms with Crippen LogP contribution < -0.4 is 10.2 Å². The number of nitrogens with one attached hydrogen (secondary N) is 1. The van der Waals surface area contributed by atoms with E-state index in [0.29, 0.717) is 5.75 Å². The summed E-state index contributed by atoms with van der Waals surface area (Å²) in [4.78, 5) is 11.7. The predicted molar refractivity (Wildman–Crippen MR) is 91.3 cm³/mol. The van der Waals surface area contributed by atoms with Gasteiger partial charge in [0.25, 0.3) is 5.91 Å². The SMILES string of the molecule is Cc1ccc(/C=N\NC(=O)COc2ccc(C)cc2Br)cc1. The Morgan fingerprint density at radius 2 is 1.86 bits per heavy atom. The average Bonchev–Trinajstić information content (AvgIpc) is 2.48. The molecule has 0 radical (unpaired) electrons. The van der Waals surface area contributed by atoms with Crippen molar-refractivity contribution >= 4 is 28.1 Å². The Kier molecular flexibility index (Phi) is 5.72. The van der Waals surface area contributed by atoms with E-state index in [2.05, 4.69) is 26.5 Å². The molecular weight excluding hydrogens is 344 g/mol. The summed E-state index contributed by atoms with van der Waals surface area (Å²) in [5.41, 5.74) is 5.66. The van der Waals surface area contributed by atoms with Gasteiger partial charge in [0.15, 0.2) is 6.61 Å². The highest BCUT2D eigenvalue weighted by Crippen LogP contribution is 2.25. The number of nitrogens with zero attached hydrogens (tertiary/aromatic N) is 1. The van der Waals surface area contributed by atoms with Crippen LogP contribution in [-0.4, -0.2) is 18.7 Å². The van der Waals surface area contributed by atoms with Gasteiger partial charge in [0.2, 0.25) is 0 Å². The number of rotatable bonds is 5. The quantitative estimate of drug-likeness (QED) is 0.654. The second-order valence-electron chi connectivity index (χ2n) is 4.93. The molecule has 0 bridgehead atoms. The van der Waals surface area contributed by atoms with Crippen LogP contribution in [0.3, 0.4) is 0 Å². The van der Waals surface area contributed by atoms with Crippen molar-refractivity contribution in [1.29, 1.82) is 0 Å². The van der Waals surface area contributed by atoms with Crippen LogP contribution in [0.4, 0.5) is 0 Å². The maximum absolute atomic E-state index is 11.7. The first-order valence-electron chi connectivity index (χ1n) is 6.82. The largest absolute Gasteiger partial charge is 0.483 e. The third kappa shape index (κ3) is 5.00. The van der Waals surface area contributed by atoms with Crippen molar-refractivity contribution < 1.29 is 9.53 Å². The molecule has 0 unspecified atom stereocenters. The van der Waals surface area contributed by atoms with Gasteiger partial charge in [-0.1, -0.05) is 35.9 Å². The van der Waals surface area contributed by atoms with E-state index in [4.69, 9.17) is 4.74 Å². The second-order valence-corrected chi connectivity index (χ2v) is 5.78. The molecule has 0 heterocycles. The summed E-state index contributed by atoms with van der Waals surface area (Å²) in [6.07, 6.45) is 1.60. The standard InChI is InChI=1S/C17H17BrN2O2/c1-12-3-6-14(7-4-12)10-19-20-17(21)11-22-16-8-5-13(2)9-15(16)18/h3-10H,11H2,1-2H3,(H,20,21)/b19-10-. The molecule has 2 aromatic carbocycles. The van der Waals surface area contributed by atoms with Gasteiger partial charge in [0, 0.05) is 0 Å². The maximum Gasteiger partial charge on any atom is 0.277 e. The minimum atomic E-state index is -0.309.